The molecule has 1 N–H and O–H groups in total. The monoisotopic (exact) mass is 222 g/mol. The standard InChI is InChI=1S/C13H22N2O/c1-9(2)7-11(16)10-8-15(6)14-12(10)13(3,4)5/h7-8,11,16H,1-6H3. The van der Waals surface area contributed by atoms with Gasteiger partial charge in [-0.3, -0.25) is 4.68 Å². The van der Waals surface area contributed by atoms with Crippen LogP contribution >= 0.6 is 0 Å². The van der Waals surface area contributed by atoms with E-state index < -0.39 is 6.10 Å². The lowest BCUT2D eigenvalue weighted by molar-refractivity contribution is 0.225. The summed E-state index contributed by atoms with van der Waals surface area (Å²) in [6.07, 6.45) is 3.18. The van der Waals surface area contributed by atoms with Gasteiger partial charge in [-0.1, -0.05) is 32.4 Å². The van der Waals surface area contributed by atoms with Crippen LogP contribution in [-0.4, -0.2) is 14.9 Å². The fourth-order valence-electron chi connectivity index (χ4n) is 1.71. The highest BCUT2D eigenvalue weighted by Gasteiger charge is 2.24. The van der Waals surface area contributed by atoms with Crippen molar-refractivity contribution in [1.29, 1.82) is 0 Å². The molecule has 1 unspecified atom stereocenters. The molecule has 0 saturated heterocycles. The van der Waals surface area contributed by atoms with Crippen molar-refractivity contribution in [1.82, 2.24) is 9.78 Å². The minimum atomic E-state index is -0.562. The van der Waals surface area contributed by atoms with Gasteiger partial charge in [-0.2, -0.15) is 5.10 Å². The van der Waals surface area contributed by atoms with Crippen molar-refractivity contribution in [3.05, 3.63) is 29.1 Å². The van der Waals surface area contributed by atoms with Gasteiger partial charge >= 0.3 is 0 Å². The molecule has 1 aromatic rings. The highest BCUT2D eigenvalue weighted by atomic mass is 16.3. The Hall–Kier alpha value is -1.09. The SMILES string of the molecule is CC(C)=CC(O)c1cn(C)nc1C(C)(C)C. The minimum absolute atomic E-state index is 0.0486. The molecular formula is C13H22N2O. The summed E-state index contributed by atoms with van der Waals surface area (Å²) in [5.74, 6) is 0. The van der Waals surface area contributed by atoms with Crippen LogP contribution < -0.4 is 0 Å². The van der Waals surface area contributed by atoms with E-state index in [-0.39, 0.29) is 5.41 Å². The Morgan fingerprint density at radius 1 is 1.44 bits per heavy atom. The molecule has 0 fully saturated rings. The zero-order valence-corrected chi connectivity index (χ0v) is 11.1. The molecule has 3 nitrogen and oxygen atoms in total. The number of rotatable bonds is 2. The van der Waals surface area contributed by atoms with Gasteiger partial charge in [-0.15, -0.1) is 0 Å². The van der Waals surface area contributed by atoms with Gasteiger partial charge in [0.05, 0.1) is 5.69 Å². The van der Waals surface area contributed by atoms with Gasteiger partial charge in [-0.05, 0) is 13.8 Å². The Kier molecular flexibility index (Phi) is 3.58. The maximum atomic E-state index is 10.1. The molecule has 3 heteroatoms. The quantitative estimate of drug-likeness (QED) is 0.781. The number of aryl methyl sites for hydroxylation is 1. The first-order valence-corrected chi connectivity index (χ1v) is 5.59. The Labute approximate surface area is 97.8 Å². The highest BCUT2D eigenvalue weighted by Crippen LogP contribution is 2.29. The van der Waals surface area contributed by atoms with Crippen LogP contribution in [0.4, 0.5) is 0 Å². The number of hydrogen-bond donors (Lipinski definition) is 1. The summed E-state index contributed by atoms with van der Waals surface area (Å²) in [6, 6.07) is 0. The Morgan fingerprint density at radius 3 is 2.44 bits per heavy atom. The average molecular weight is 222 g/mol. The lowest BCUT2D eigenvalue weighted by Crippen LogP contribution is -2.15. The summed E-state index contributed by atoms with van der Waals surface area (Å²) >= 11 is 0. The summed E-state index contributed by atoms with van der Waals surface area (Å²) in [7, 11) is 1.88. The second-order valence-corrected chi connectivity index (χ2v) is 5.55. The van der Waals surface area contributed by atoms with Crippen LogP contribution in [-0.2, 0) is 12.5 Å². The van der Waals surface area contributed by atoms with Crippen molar-refractivity contribution >= 4 is 0 Å². The van der Waals surface area contributed by atoms with Gasteiger partial charge < -0.3 is 5.11 Å². The van der Waals surface area contributed by atoms with Gasteiger partial charge in [0.2, 0.25) is 0 Å². The van der Waals surface area contributed by atoms with Gasteiger partial charge in [0, 0.05) is 24.2 Å². The van der Waals surface area contributed by atoms with E-state index in [9.17, 15) is 5.11 Å². The molecular weight excluding hydrogens is 200 g/mol. The van der Waals surface area contributed by atoms with Crippen LogP contribution in [0.15, 0.2) is 17.8 Å². The maximum Gasteiger partial charge on any atom is 0.101 e. The van der Waals surface area contributed by atoms with Crippen LogP contribution in [0, 0.1) is 0 Å². The zero-order valence-electron chi connectivity index (χ0n) is 11.1. The highest BCUT2D eigenvalue weighted by molar-refractivity contribution is 5.29. The van der Waals surface area contributed by atoms with Gasteiger partial charge in [0.25, 0.3) is 0 Å². The molecule has 1 atom stereocenters. The molecule has 0 aliphatic rings. The molecule has 1 rings (SSSR count). The van der Waals surface area contributed by atoms with E-state index in [1.165, 1.54) is 0 Å². The predicted molar refractivity (Wildman–Crippen MR) is 66.3 cm³/mol. The molecule has 0 spiro atoms. The van der Waals surface area contributed by atoms with E-state index in [4.69, 9.17) is 0 Å². The van der Waals surface area contributed by atoms with E-state index in [1.807, 2.05) is 33.2 Å². The molecule has 1 aromatic heterocycles. The zero-order chi connectivity index (χ0) is 12.5. The molecule has 90 valence electrons. The molecule has 0 amide bonds. The summed E-state index contributed by atoms with van der Waals surface area (Å²) in [6.45, 7) is 10.3. The smallest absolute Gasteiger partial charge is 0.101 e. The van der Waals surface area contributed by atoms with Gasteiger partial charge in [0.1, 0.15) is 6.10 Å². The molecule has 1 heterocycles. The third-order valence-corrected chi connectivity index (χ3v) is 2.38. The third kappa shape index (κ3) is 2.95. The van der Waals surface area contributed by atoms with E-state index in [0.717, 1.165) is 16.8 Å². The molecule has 0 aromatic carbocycles. The molecule has 0 saturated carbocycles. The average Bonchev–Trinajstić information content (AvgIpc) is 2.45. The summed E-state index contributed by atoms with van der Waals surface area (Å²) in [4.78, 5) is 0. The maximum absolute atomic E-state index is 10.1. The van der Waals surface area contributed by atoms with Crippen LogP contribution in [0.2, 0.25) is 0 Å². The predicted octanol–water partition coefficient (Wildman–Crippen LogP) is 2.72. The number of aliphatic hydroxyl groups excluding tert-OH is 1. The molecule has 0 aliphatic carbocycles. The van der Waals surface area contributed by atoms with Crippen LogP contribution in [0.25, 0.3) is 0 Å². The van der Waals surface area contributed by atoms with Crippen molar-refractivity contribution in [2.75, 3.05) is 0 Å². The summed E-state index contributed by atoms with van der Waals surface area (Å²) in [5.41, 5.74) is 2.92. The normalized spacial score (nSPS) is 13.7. The largest absolute Gasteiger partial charge is 0.384 e. The van der Waals surface area contributed by atoms with Crippen molar-refractivity contribution < 1.29 is 5.11 Å². The summed E-state index contributed by atoms with van der Waals surface area (Å²) in [5, 5.41) is 14.6. The lowest BCUT2D eigenvalue weighted by Gasteiger charge is -2.18. The number of hydrogen-bond acceptors (Lipinski definition) is 2. The van der Waals surface area contributed by atoms with E-state index in [2.05, 4.69) is 25.9 Å². The van der Waals surface area contributed by atoms with Crippen molar-refractivity contribution in [3.63, 3.8) is 0 Å². The first-order chi connectivity index (χ1) is 7.21. The molecule has 16 heavy (non-hydrogen) atoms. The van der Waals surface area contributed by atoms with E-state index in [1.54, 1.807) is 4.68 Å². The Bertz CT molecular complexity index is 393. The van der Waals surface area contributed by atoms with E-state index in [0.29, 0.717) is 0 Å². The molecule has 0 aliphatic heterocycles. The summed E-state index contributed by atoms with van der Waals surface area (Å²) < 4.78 is 1.76. The third-order valence-electron chi connectivity index (χ3n) is 2.38. The van der Waals surface area contributed by atoms with Gasteiger partial charge in [-0.25, -0.2) is 0 Å². The first-order valence-electron chi connectivity index (χ1n) is 5.59. The van der Waals surface area contributed by atoms with Crippen LogP contribution in [0.1, 0.15) is 52.0 Å². The van der Waals surface area contributed by atoms with Crippen molar-refractivity contribution in [2.24, 2.45) is 7.05 Å². The second-order valence-electron chi connectivity index (χ2n) is 5.55. The molecule has 0 radical (unpaired) electrons. The van der Waals surface area contributed by atoms with Crippen LogP contribution in [0.3, 0.4) is 0 Å². The van der Waals surface area contributed by atoms with E-state index >= 15 is 0 Å². The van der Waals surface area contributed by atoms with Crippen LogP contribution in [0.5, 0.6) is 0 Å². The number of allylic oxidation sites excluding steroid dienone is 1. The first kappa shape index (κ1) is 13.0. The number of aliphatic hydroxyl groups is 1. The van der Waals surface area contributed by atoms with Gasteiger partial charge in [0.15, 0.2) is 0 Å². The van der Waals surface area contributed by atoms with Crippen molar-refractivity contribution in [2.45, 2.75) is 46.1 Å². The number of aromatic nitrogens is 2. The minimum Gasteiger partial charge on any atom is -0.384 e. The lowest BCUT2D eigenvalue weighted by atomic mass is 9.88. The Morgan fingerprint density at radius 2 is 2.00 bits per heavy atom. The second kappa shape index (κ2) is 4.42. The fourth-order valence-corrected chi connectivity index (χ4v) is 1.71. The Balaban J connectivity index is 3.18. The molecule has 0 bridgehead atoms. The number of nitrogens with zero attached hydrogens (tertiary/aromatic N) is 2. The fraction of sp³-hybridized carbons (Fsp3) is 0.615. The topological polar surface area (TPSA) is 38.0 Å². The van der Waals surface area contributed by atoms with Crippen molar-refractivity contribution in [3.8, 4) is 0 Å².